The molecule has 2 unspecified atom stereocenters. The summed E-state index contributed by atoms with van der Waals surface area (Å²) in [6.45, 7) is 4.92. The number of unbranched alkanes of at least 4 members (excludes halogenated alkanes) is 35. The molecule has 0 bridgehead atoms. The molecule has 0 fully saturated rings. The van der Waals surface area contributed by atoms with Gasteiger partial charge in [-0.1, -0.05) is 239 Å². The van der Waals surface area contributed by atoms with Crippen LogP contribution in [0.3, 0.4) is 0 Å². The Balaban J connectivity index is 3.38. The van der Waals surface area contributed by atoms with Crippen molar-refractivity contribution in [2.24, 2.45) is 0 Å². The highest BCUT2D eigenvalue weighted by Crippen LogP contribution is 2.17. The van der Waals surface area contributed by atoms with E-state index in [9.17, 15) is 19.8 Å². The molecule has 1 amide bonds. The predicted octanol–water partition coefficient (Wildman–Crippen LogP) is 14.4. The van der Waals surface area contributed by atoms with Crippen LogP contribution in [0.1, 0.15) is 277 Å². The SMILES string of the molecule is CCCCCCCCCCCCCCC(=O)OCCCCCCCCCCCCCCCCCCCC(=O)NC(CO)C(O)CCCCCCCCCCC. The van der Waals surface area contributed by atoms with Crippen molar-refractivity contribution < 1.29 is 24.5 Å². The average Bonchev–Trinajstić information content (AvgIpc) is 3.18. The Morgan fingerprint density at radius 1 is 0.436 bits per heavy atom. The van der Waals surface area contributed by atoms with Gasteiger partial charge in [-0.25, -0.2) is 0 Å². The number of ether oxygens (including phenoxy) is 1. The zero-order valence-electron chi connectivity index (χ0n) is 37.2. The second-order valence-corrected chi connectivity index (χ2v) is 17.2. The molecule has 328 valence electrons. The lowest BCUT2D eigenvalue weighted by molar-refractivity contribution is -0.143. The van der Waals surface area contributed by atoms with Gasteiger partial charge in [-0.2, -0.15) is 0 Å². The Labute approximate surface area is 343 Å². The van der Waals surface area contributed by atoms with Gasteiger partial charge in [-0.15, -0.1) is 0 Å². The fourth-order valence-electron chi connectivity index (χ4n) is 7.82. The molecule has 0 aromatic heterocycles. The Hall–Kier alpha value is -1.14. The van der Waals surface area contributed by atoms with Gasteiger partial charge in [0.15, 0.2) is 0 Å². The maximum absolute atomic E-state index is 12.4. The van der Waals surface area contributed by atoms with E-state index in [0.717, 1.165) is 38.5 Å². The number of rotatable bonds is 46. The lowest BCUT2D eigenvalue weighted by Crippen LogP contribution is -2.45. The number of nitrogens with one attached hydrogen (secondary N) is 1. The Kier molecular flexibility index (Phi) is 44.6. The molecule has 3 N–H and O–H groups in total. The molecule has 0 heterocycles. The monoisotopic (exact) mass is 780 g/mol. The van der Waals surface area contributed by atoms with Crippen LogP contribution in [0.5, 0.6) is 0 Å². The lowest BCUT2D eigenvalue weighted by Gasteiger charge is -2.22. The molecule has 0 radical (unpaired) electrons. The van der Waals surface area contributed by atoms with Crippen LogP contribution in [0.4, 0.5) is 0 Å². The first-order valence-corrected chi connectivity index (χ1v) is 24.8. The summed E-state index contributed by atoms with van der Waals surface area (Å²) in [5.74, 6) is -0.0358. The molecule has 0 aliphatic carbocycles. The molecule has 0 aliphatic rings. The number of carbonyl (C=O) groups excluding carboxylic acids is 2. The number of hydrogen-bond acceptors (Lipinski definition) is 5. The smallest absolute Gasteiger partial charge is 0.305 e. The molecule has 0 aliphatic heterocycles. The highest BCUT2D eigenvalue weighted by Gasteiger charge is 2.20. The summed E-state index contributed by atoms with van der Waals surface area (Å²) >= 11 is 0. The zero-order chi connectivity index (χ0) is 40.1. The van der Waals surface area contributed by atoms with Crippen LogP contribution in [0, 0.1) is 0 Å². The molecular formula is C49H97NO5. The summed E-state index contributed by atoms with van der Waals surface area (Å²) < 4.78 is 5.46. The maximum atomic E-state index is 12.4. The van der Waals surface area contributed by atoms with E-state index in [4.69, 9.17) is 4.74 Å². The fraction of sp³-hybridized carbons (Fsp3) is 0.959. The number of aliphatic hydroxyl groups excluding tert-OH is 2. The fourth-order valence-corrected chi connectivity index (χ4v) is 7.82. The lowest BCUT2D eigenvalue weighted by atomic mass is 10.0. The minimum absolute atomic E-state index is 0.00607. The van der Waals surface area contributed by atoms with Gasteiger partial charge in [-0.3, -0.25) is 9.59 Å². The molecule has 0 saturated heterocycles. The van der Waals surface area contributed by atoms with Crippen molar-refractivity contribution in [2.45, 2.75) is 289 Å². The molecule has 0 spiro atoms. The molecule has 55 heavy (non-hydrogen) atoms. The summed E-state index contributed by atoms with van der Waals surface area (Å²) in [5.41, 5.74) is 0. The van der Waals surface area contributed by atoms with Crippen molar-refractivity contribution in [3.8, 4) is 0 Å². The number of hydrogen-bond donors (Lipinski definition) is 3. The van der Waals surface area contributed by atoms with Gasteiger partial charge < -0.3 is 20.3 Å². The topological polar surface area (TPSA) is 95.9 Å². The van der Waals surface area contributed by atoms with Crippen LogP contribution in [-0.2, 0) is 14.3 Å². The molecule has 6 heteroatoms. The van der Waals surface area contributed by atoms with E-state index in [1.54, 1.807) is 0 Å². The number of esters is 1. The van der Waals surface area contributed by atoms with Crippen molar-refractivity contribution in [2.75, 3.05) is 13.2 Å². The molecule has 6 nitrogen and oxygen atoms in total. The van der Waals surface area contributed by atoms with Crippen molar-refractivity contribution in [1.29, 1.82) is 0 Å². The molecule has 0 aromatic rings. The van der Waals surface area contributed by atoms with Crippen molar-refractivity contribution >= 4 is 11.9 Å². The van der Waals surface area contributed by atoms with E-state index in [0.29, 0.717) is 25.9 Å². The van der Waals surface area contributed by atoms with E-state index in [-0.39, 0.29) is 18.5 Å². The normalized spacial score (nSPS) is 12.6. The first-order valence-electron chi connectivity index (χ1n) is 24.8. The maximum Gasteiger partial charge on any atom is 0.305 e. The number of carbonyl (C=O) groups is 2. The number of aliphatic hydroxyl groups is 2. The van der Waals surface area contributed by atoms with Gasteiger partial charge in [0, 0.05) is 12.8 Å². The van der Waals surface area contributed by atoms with Crippen LogP contribution in [0.15, 0.2) is 0 Å². The standard InChI is InChI=1S/C49H97NO5/c1-3-5-7-9-11-13-14-23-27-31-35-39-43-49(54)55-44-40-36-32-28-24-21-19-17-15-16-18-20-22-26-30-34-38-42-48(53)50-46(45-51)47(52)41-37-33-29-25-12-10-8-6-4-2/h46-47,51-52H,3-45H2,1-2H3,(H,50,53). The summed E-state index contributed by atoms with van der Waals surface area (Å²) in [7, 11) is 0. The van der Waals surface area contributed by atoms with Gasteiger partial charge in [0.05, 0.1) is 25.4 Å². The third-order valence-electron chi connectivity index (χ3n) is 11.7. The van der Waals surface area contributed by atoms with Gasteiger partial charge in [0.2, 0.25) is 5.91 Å². The predicted molar refractivity (Wildman–Crippen MR) is 237 cm³/mol. The molecule has 0 aromatic carbocycles. The van der Waals surface area contributed by atoms with Crippen LogP contribution in [-0.4, -0.2) is 47.4 Å². The summed E-state index contributed by atoms with van der Waals surface area (Å²) in [4.78, 5) is 24.4. The van der Waals surface area contributed by atoms with Crippen molar-refractivity contribution in [3.05, 3.63) is 0 Å². The highest BCUT2D eigenvalue weighted by molar-refractivity contribution is 5.76. The van der Waals surface area contributed by atoms with Crippen LogP contribution >= 0.6 is 0 Å². The van der Waals surface area contributed by atoms with Crippen LogP contribution < -0.4 is 5.32 Å². The minimum Gasteiger partial charge on any atom is -0.466 e. The van der Waals surface area contributed by atoms with Gasteiger partial charge in [0.25, 0.3) is 0 Å². The Bertz CT molecular complexity index is 776. The average molecular weight is 780 g/mol. The molecule has 2 atom stereocenters. The molecular weight excluding hydrogens is 683 g/mol. The summed E-state index contributed by atoms with van der Waals surface area (Å²) in [5, 5.41) is 23.0. The third kappa shape index (κ3) is 42.3. The van der Waals surface area contributed by atoms with E-state index in [1.165, 1.54) is 205 Å². The van der Waals surface area contributed by atoms with Gasteiger partial charge in [0.1, 0.15) is 0 Å². The van der Waals surface area contributed by atoms with E-state index < -0.39 is 12.1 Å². The summed E-state index contributed by atoms with van der Waals surface area (Å²) in [6.07, 6.45) is 49.3. The van der Waals surface area contributed by atoms with Crippen molar-refractivity contribution in [3.63, 3.8) is 0 Å². The van der Waals surface area contributed by atoms with Gasteiger partial charge >= 0.3 is 5.97 Å². The molecule has 0 saturated carbocycles. The van der Waals surface area contributed by atoms with Gasteiger partial charge in [-0.05, 0) is 25.7 Å². The summed E-state index contributed by atoms with van der Waals surface area (Å²) in [6, 6.07) is -0.541. The van der Waals surface area contributed by atoms with Crippen LogP contribution in [0.2, 0.25) is 0 Å². The van der Waals surface area contributed by atoms with E-state index >= 15 is 0 Å². The Morgan fingerprint density at radius 3 is 1.11 bits per heavy atom. The first kappa shape index (κ1) is 53.9. The quantitative estimate of drug-likeness (QED) is 0.0422. The number of amides is 1. The highest BCUT2D eigenvalue weighted by atomic mass is 16.5. The minimum atomic E-state index is -0.663. The molecule has 0 rings (SSSR count). The largest absolute Gasteiger partial charge is 0.466 e. The Morgan fingerprint density at radius 2 is 0.745 bits per heavy atom. The van der Waals surface area contributed by atoms with E-state index in [1.807, 2.05) is 0 Å². The zero-order valence-corrected chi connectivity index (χ0v) is 37.2. The first-order chi connectivity index (χ1) is 27.0. The second-order valence-electron chi connectivity index (χ2n) is 17.2. The van der Waals surface area contributed by atoms with Crippen LogP contribution in [0.25, 0.3) is 0 Å². The second kappa shape index (κ2) is 45.6. The van der Waals surface area contributed by atoms with E-state index in [2.05, 4.69) is 19.2 Å². The van der Waals surface area contributed by atoms with Crippen molar-refractivity contribution in [1.82, 2.24) is 5.32 Å². The third-order valence-corrected chi connectivity index (χ3v) is 11.7.